The molecule has 140 valence electrons. The van der Waals surface area contributed by atoms with Gasteiger partial charge < -0.3 is 4.42 Å². The van der Waals surface area contributed by atoms with E-state index in [1.807, 2.05) is 56.3 Å². The molecule has 3 amide bonds. The van der Waals surface area contributed by atoms with Gasteiger partial charge in [0.05, 0.1) is 6.54 Å². The fourth-order valence-electron chi connectivity index (χ4n) is 3.97. The largest absolute Gasteiger partial charge is 0.507 e. The number of fused-ring (bicyclic) bond motifs is 4. The number of likely N-dealkylation sites (N-methyl/N-ethyl adjacent to an activating group) is 1. The molecule has 2 aliphatic rings. The summed E-state index contributed by atoms with van der Waals surface area (Å²) in [5, 5.41) is 2.11. The molecule has 2 aliphatic heterocycles. The third-order valence-electron chi connectivity index (χ3n) is 5.60. The van der Waals surface area contributed by atoms with Crippen LogP contribution in [-0.4, -0.2) is 34.6 Å². The summed E-state index contributed by atoms with van der Waals surface area (Å²) in [7, 11) is 1.64. The molecule has 1 saturated heterocycles. The number of rotatable bonds is 2. The predicted octanol–water partition coefficient (Wildman–Crippen LogP) is 3.02. The molecule has 0 bridgehead atoms. The van der Waals surface area contributed by atoms with E-state index in [0.717, 1.165) is 22.0 Å². The normalized spacial score (nSPS) is 18.5. The third kappa shape index (κ3) is 2.16. The van der Waals surface area contributed by atoms with Crippen LogP contribution in [0.2, 0.25) is 0 Å². The number of aliphatic imine (C=N–C) groups is 1. The van der Waals surface area contributed by atoms with Crippen LogP contribution in [0.1, 0.15) is 23.1 Å². The highest BCUT2D eigenvalue weighted by Gasteiger charge is 2.55. The Hall–Kier alpha value is -3.48. The van der Waals surface area contributed by atoms with Gasteiger partial charge in [-0.2, -0.15) is 4.57 Å². The summed E-state index contributed by atoms with van der Waals surface area (Å²) in [6.45, 7) is 3.93. The van der Waals surface area contributed by atoms with Crippen LogP contribution in [0, 0.1) is 13.8 Å². The van der Waals surface area contributed by atoms with Gasteiger partial charge in [0.25, 0.3) is 17.8 Å². The second kappa shape index (κ2) is 5.76. The van der Waals surface area contributed by atoms with E-state index < -0.39 is 6.04 Å². The molecule has 1 unspecified atom stereocenters. The molecule has 2 aromatic carbocycles. The lowest BCUT2D eigenvalue weighted by Gasteiger charge is -2.32. The molecule has 3 heterocycles. The molecule has 1 fully saturated rings. The maximum Gasteiger partial charge on any atom is 0.507 e. The van der Waals surface area contributed by atoms with Crippen molar-refractivity contribution in [2.75, 3.05) is 7.05 Å². The summed E-state index contributed by atoms with van der Waals surface area (Å²) in [5.41, 5.74) is 1.76. The molecule has 1 aromatic heterocycles. The van der Waals surface area contributed by atoms with Gasteiger partial charge in [0, 0.05) is 19.0 Å². The van der Waals surface area contributed by atoms with Crippen LogP contribution in [0.4, 0.5) is 10.8 Å². The van der Waals surface area contributed by atoms with Crippen molar-refractivity contribution in [2.24, 2.45) is 4.99 Å². The molecule has 28 heavy (non-hydrogen) atoms. The number of oxazole rings is 1. The first-order valence-corrected chi connectivity index (χ1v) is 9.13. The molecular weight excluding hydrogens is 356 g/mol. The Kier molecular flexibility index (Phi) is 3.43. The number of aryl methyl sites for hydroxylation is 1. The maximum atomic E-state index is 13.4. The maximum absolute atomic E-state index is 13.4. The zero-order valence-corrected chi connectivity index (χ0v) is 15.8. The first-order valence-electron chi connectivity index (χ1n) is 9.13. The van der Waals surface area contributed by atoms with Crippen molar-refractivity contribution in [3.8, 4) is 0 Å². The Morgan fingerprint density at radius 1 is 1.11 bits per heavy atom. The highest BCUT2D eigenvalue weighted by atomic mass is 16.4. The SMILES string of the molecule is Cc1oc2[n+](c1C)C1C(=O)N(Cc3cccc4ccccc34)C(=O)N(C)C1=N2. The molecule has 3 aromatic rings. The van der Waals surface area contributed by atoms with Gasteiger partial charge in [0.2, 0.25) is 0 Å². The van der Waals surface area contributed by atoms with Crippen molar-refractivity contribution in [2.45, 2.75) is 26.4 Å². The first-order chi connectivity index (χ1) is 13.5. The van der Waals surface area contributed by atoms with Crippen molar-refractivity contribution in [3.05, 3.63) is 59.5 Å². The van der Waals surface area contributed by atoms with Gasteiger partial charge in [-0.25, -0.2) is 4.79 Å². The lowest BCUT2D eigenvalue weighted by molar-refractivity contribution is -0.685. The molecule has 0 radical (unpaired) electrons. The number of amides is 3. The summed E-state index contributed by atoms with van der Waals surface area (Å²) in [6.07, 6.45) is 0. The number of urea groups is 1. The van der Waals surface area contributed by atoms with Gasteiger partial charge >= 0.3 is 12.0 Å². The minimum Gasteiger partial charge on any atom is -0.389 e. The Labute approximate surface area is 161 Å². The number of benzene rings is 2. The van der Waals surface area contributed by atoms with E-state index in [1.54, 1.807) is 11.6 Å². The van der Waals surface area contributed by atoms with Gasteiger partial charge in [0.1, 0.15) is 5.69 Å². The van der Waals surface area contributed by atoms with Gasteiger partial charge in [-0.1, -0.05) is 42.5 Å². The minimum atomic E-state index is -0.676. The molecule has 7 nitrogen and oxygen atoms in total. The Balaban J connectivity index is 1.58. The van der Waals surface area contributed by atoms with Crippen LogP contribution in [-0.2, 0) is 11.3 Å². The van der Waals surface area contributed by atoms with Gasteiger partial charge in [0.15, 0.2) is 5.76 Å². The second-order valence-corrected chi connectivity index (χ2v) is 7.17. The number of imide groups is 1. The lowest BCUT2D eigenvalue weighted by Crippen LogP contribution is -2.63. The Morgan fingerprint density at radius 3 is 2.68 bits per heavy atom. The monoisotopic (exact) mass is 375 g/mol. The van der Waals surface area contributed by atoms with Gasteiger partial charge in [-0.15, -0.1) is 0 Å². The summed E-state index contributed by atoms with van der Waals surface area (Å²) in [6, 6.07) is 13.2. The first kappa shape index (κ1) is 16.7. The standard InChI is InChI=1S/C21H19N4O3/c1-12-13(2)28-20-22-18-17(25(12)20)19(26)24(21(27)23(18)3)11-15-9-6-8-14-7-4-5-10-16(14)15/h4-10,17H,11H2,1-3H3/q+1. The second-order valence-electron chi connectivity index (χ2n) is 7.17. The topological polar surface area (TPSA) is 70.0 Å². The summed E-state index contributed by atoms with van der Waals surface area (Å²) in [5.74, 6) is 0.833. The van der Waals surface area contributed by atoms with E-state index >= 15 is 0 Å². The van der Waals surface area contributed by atoms with E-state index in [4.69, 9.17) is 4.42 Å². The zero-order chi connectivity index (χ0) is 19.6. The fraction of sp³-hybridized carbons (Fsp3) is 0.238. The fourth-order valence-corrected chi connectivity index (χ4v) is 3.97. The van der Waals surface area contributed by atoms with Crippen LogP contribution in [0.15, 0.2) is 51.9 Å². The minimum absolute atomic E-state index is 0.207. The van der Waals surface area contributed by atoms with E-state index in [9.17, 15) is 9.59 Å². The average Bonchev–Trinajstić information content (AvgIpc) is 3.20. The zero-order valence-electron chi connectivity index (χ0n) is 15.8. The number of hydrogen-bond donors (Lipinski definition) is 0. The molecule has 0 N–H and O–H groups in total. The van der Waals surface area contributed by atoms with Crippen molar-refractivity contribution in [1.82, 2.24) is 9.80 Å². The molecule has 5 rings (SSSR count). The molecule has 0 saturated carbocycles. The lowest BCUT2D eigenvalue weighted by atomic mass is 10.0. The number of carbonyl (C=O) groups is 2. The Bertz CT molecular complexity index is 1190. The average molecular weight is 375 g/mol. The van der Waals surface area contributed by atoms with Crippen LogP contribution in [0.25, 0.3) is 10.8 Å². The van der Waals surface area contributed by atoms with E-state index in [1.165, 1.54) is 9.80 Å². The van der Waals surface area contributed by atoms with Crippen LogP contribution < -0.4 is 4.57 Å². The Morgan fingerprint density at radius 2 is 1.86 bits per heavy atom. The number of carbonyl (C=O) groups excluding carboxylic acids is 2. The van der Waals surface area contributed by atoms with E-state index in [0.29, 0.717) is 17.6 Å². The summed E-state index contributed by atoms with van der Waals surface area (Å²) in [4.78, 5) is 33.5. The van der Waals surface area contributed by atoms with Crippen molar-refractivity contribution in [3.63, 3.8) is 0 Å². The highest BCUT2D eigenvalue weighted by Crippen LogP contribution is 2.31. The molecular formula is C21H19N4O3+. The van der Waals surface area contributed by atoms with Crippen LogP contribution in [0.5, 0.6) is 0 Å². The van der Waals surface area contributed by atoms with Crippen molar-refractivity contribution in [1.29, 1.82) is 0 Å². The molecule has 0 aliphatic carbocycles. The van der Waals surface area contributed by atoms with Crippen LogP contribution in [0.3, 0.4) is 0 Å². The molecule has 0 spiro atoms. The summed E-state index contributed by atoms with van der Waals surface area (Å²) < 4.78 is 7.43. The van der Waals surface area contributed by atoms with E-state index in [2.05, 4.69) is 4.99 Å². The van der Waals surface area contributed by atoms with Gasteiger partial charge in [-0.3, -0.25) is 14.6 Å². The van der Waals surface area contributed by atoms with Crippen LogP contribution >= 0.6 is 0 Å². The molecule has 1 atom stereocenters. The van der Waals surface area contributed by atoms with Crippen molar-refractivity contribution < 1.29 is 18.6 Å². The third-order valence-corrected chi connectivity index (χ3v) is 5.60. The summed E-state index contributed by atoms with van der Waals surface area (Å²) >= 11 is 0. The number of amidine groups is 1. The van der Waals surface area contributed by atoms with Gasteiger partial charge in [-0.05, 0) is 23.3 Å². The smallest absolute Gasteiger partial charge is 0.389 e. The van der Waals surface area contributed by atoms with Crippen molar-refractivity contribution >= 4 is 34.6 Å². The highest BCUT2D eigenvalue weighted by molar-refractivity contribution is 6.19. The quantitative estimate of drug-likeness (QED) is 0.647. The predicted molar refractivity (Wildman–Crippen MR) is 102 cm³/mol. The number of nitrogens with zero attached hydrogens (tertiary/aromatic N) is 4. The molecule has 7 heteroatoms. The number of aromatic nitrogens is 1. The number of hydrogen-bond acceptors (Lipinski definition) is 4. The van der Waals surface area contributed by atoms with E-state index in [-0.39, 0.29) is 18.5 Å².